The fourth-order valence-corrected chi connectivity index (χ4v) is 0.698. The van der Waals surface area contributed by atoms with Gasteiger partial charge >= 0.3 is 5.97 Å². The number of carbonyl (C=O) groups is 1. The maximum absolute atomic E-state index is 12.4. The Labute approximate surface area is 61.7 Å². The number of carboxylic acids is 1. The number of halogens is 1. The fourth-order valence-electron chi connectivity index (χ4n) is 0.698. The molecule has 0 saturated carbocycles. The molecule has 1 aromatic carbocycles. The molecule has 0 radical (unpaired) electrons. The molecule has 58 valence electrons. The van der Waals surface area contributed by atoms with Crippen LogP contribution in [-0.2, 0) is 0 Å². The van der Waals surface area contributed by atoms with Gasteiger partial charge in [0.25, 0.3) is 0 Å². The average molecular weight is 156 g/mol. The number of phenols is 1. The van der Waals surface area contributed by atoms with Crippen LogP contribution in [0.1, 0.15) is 10.4 Å². The van der Waals surface area contributed by atoms with Crippen molar-refractivity contribution in [2.24, 2.45) is 0 Å². The summed E-state index contributed by atoms with van der Waals surface area (Å²) >= 11 is 0. The maximum atomic E-state index is 12.4. The highest BCUT2D eigenvalue weighted by Crippen LogP contribution is 2.13. The number of benzene rings is 1. The van der Waals surface area contributed by atoms with E-state index in [1.54, 1.807) is 0 Å². The first-order valence-electron chi connectivity index (χ1n) is 2.82. The van der Waals surface area contributed by atoms with Crippen LogP contribution in [0, 0.1) is 5.82 Å². The smallest absolute Gasteiger partial charge is 0.335 e. The first-order valence-corrected chi connectivity index (χ1v) is 2.82. The molecule has 0 bridgehead atoms. The molecule has 11 heavy (non-hydrogen) atoms. The van der Waals surface area contributed by atoms with E-state index >= 15 is 0 Å². The largest absolute Gasteiger partial charge is 0.508 e. The lowest BCUT2D eigenvalue weighted by Gasteiger charge is -1.95. The summed E-state index contributed by atoms with van der Waals surface area (Å²) in [7, 11) is 0. The summed E-state index contributed by atoms with van der Waals surface area (Å²) in [6.45, 7) is 0. The van der Waals surface area contributed by atoms with Crippen LogP contribution in [0.4, 0.5) is 4.39 Å². The molecule has 0 aliphatic carbocycles. The number of aromatic hydroxyl groups is 1. The van der Waals surface area contributed by atoms with Gasteiger partial charge in [-0.25, -0.2) is 9.18 Å². The van der Waals surface area contributed by atoms with Gasteiger partial charge in [-0.1, -0.05) is 0 Å². The molecular formula is C7H5FO3. The van der Waals surface area contributed by atoms with Crippen LogP contribution in [0.25, 0.3) is 0 Å². The minimum absolute atomic E-state index is 0.262. The van der Waals surface area contributed by atoms with Gasteiger partial charge in [0.1, 0.15) is 11.6 Å². The first kappa shape index (κ1) is 7.53. The number of hydrogen-bond acceptors (Lipinski definition) is 2. The number of phenolic OH excluding ortho intramolecular Hbond substituents is 1. The van der Waals surface area contributed by atoms with Crippen molar-refractivity contribution in [2.75, 3.05) is 0 Å². The SMILES string of the molecule is O=C(O)c1cc(O)cc(F)c1. The van der Waals surface area contributed by atoms with Crippen molar-refractivity contribution in [3.63, 3.8) is 0 Å². The molecule has 0 unspecified atom stereocenters. The second-order valence-electron chi connectivity index (χ2n) is 2.00. The van der Waals surface area contributed by atoms with E-state index in [0.717, 1.165) is 18.2 Å². The zero-order valence-electron chi connectivity index (χ0n) is 5.41. The Bertz CT molecular complexity index is 275. The quantitative estimate of drug-likeness (QED) is 0.642. The number of carboxylic acid groups (broad SMARTS) is 1. The maximum Gasteiger partial charge on any atom is 0.335 e. The Morgan fingerprint density at radius 3 is 2.45 bits per heavy atom. The molecule has 3 nitrogen and oxygen atoms in total. The summed E-state index contributed by atoms with van der Waals surface area (Å²) in [5, 5.41) is 17.1. The predicted octanol–water partition coefficient (Wildman–Crippen LogP) is 1.23. The Morgan fingerprint density at radius 1 is 1.36 bits per heavy atom. The Morgan fingerprint density at radius 2 is 2.00 bits per heavy atom. The lowest BCUT2D eigenvalue weighted by molar-refractivity contribution is 0.0696. The second-order valence-corrected chi connectivity index (χ2v) is 2.00. The van der Waals surface area contributed by atoms with Crippen molar-refractivity contribution in [3.8, 4) is 5.75 Å². The molecule has 0 atom stereocenters. The van der Waals surface area contributed by atoms with Gasteiger partial charge in [0.2, 0.25) is 0 Å². The van der Waals surface area contributed by atoms with Gasteiger partial charge in [-0.2, -0.15) is 0 Å². The van der Waals surface area contributed by atoms with Gasteiger partial charge < -0.3 is 10.2 Å². The Hall–Kier alpha value is -1.58. The van der Waals surface area contributed by atoms with E-state index in [4.69, 9.17) is 10.2 Å². The second kappa shape index (κ2) is 2.57. The topological polar surface area (TPSA) is 57.5 Å². The summed E-state index contributed by atoms with van der Waals surface area (Å²) < 4.78 is 12.4. The highest BCUT2D eigenvalue weighted by Gasteiger charge is 2.05. The number of rotatable bonds is 1. The van der Waals surface area contributed by atoms with Crippen molar-refractivity contribution in [3.05, 3.63) is 29.6 Å². The highest BCUT2D eigenvalue weighted by atomic mass is 19.1. The van der Waals surface area contributed by atoms with Gasteiger partial charge in [-0.15, -0.1) is 0 Å². The summed E-state index contributed by atoms with van der Waals surface area (Å²) in [6.07, 6.45) is 0. The van der Waals surface area contributed by atoms with Crippen molar-refractivity contribution in [2.45, 2.75) is 0 Å². The minimum atomic E-state index is -1.26. The molecule has 0 aromatic heterocycles. The molecule has 1 rings (SSSR count). The summed E-state index contributed by atoms with van der Waals surface area (Å²) in [6, 6.07) is 2.65. The summed E-state index contributed by atoms with van der Waals surface area (Å²) in [5.41, 5.74) is -0.262. The molecule has 1 aromatic rings. The first-order chi connectivity index (χ1) is 5.09. The van der Waals surface area contributed by atoms with E-state index in [1.807, 2.05) is 0 Å². The molecule has 4 heteroatoms. The van der Waals surface area contributed by atoms with E-state index in [-0.39, 0.29) is 11.3 Å². The Kier molecular flexibility index (Phi) is 1.76. The van der Waals surface area contributed by atoms with Crippen LogP contribution in [0.2, 0.25) is 0 Å². The molecule has 0 amide bonds. The molecule has 0 spiro atoms. The van der Waals surface area contributed by atoms with E-state index < -0.39 is 11.8 Å². The average Bonchev–Trinajstić information content (AvgIpc) is 1.85. The molecule has 0 fully saturated rings. The lowest BCUT2D eigenvalue weighted by atomic mass is 10.2. The lowest BCUT2D eigenvalue weighted by Crippen LogP contribution is -1.96. The van der Waals surface area contributed by atoms with Gasteiger partial charge in [0, 0.05) is 6.07 Å². The van der Waals surface area contributed by atoms with Gasteiger partial charge in [0.05, 0.1) is 5.56 Å². The van der Waals surface area contributed by atoms with Gasteiger partial charge in [-0.3, -0.25) is 0 Å². The number of hydrogen-bond donors (Lipinski definition) is 2. The molecule has 2 N–H and O–H groups in total. The zero-order chi connectivity index (χ0) is 8.43. The van der Waals surface area contributed by atoms with Crippen LogP contribution in [0.3, 0.4) is 0 Å². The van der Waals surface area contributed by atoms with Crippen molar-refractivity contribution in [1.29, 1.82) is 0 Å². The summed E-state index contributed by atoms with van der Waals surface area (Å²) in [4.78, 5) is 10.2. The fraction of sp³-hybridized carbons (Fsp3) is 0. The zero-order valence-corrected chi connectivity index (χ0v) is 5.41. The van der Waals surface area contributed by atoms with E-state index in [0.29, 0.717) is 0 Å². The van der Waals surface area contributed by atoms with Crippen LogP contribution >= 0.6 is 0 Å². The van der Waals surface area contributed by atoms with Crippen molar-refractivity contribution < 1.29 is 19.4 Å². The standard InChI is InChI=1S/C7H5FO3/c8-5-1-4(7(10)11)2-6(9)3-5/h1-3,9H,(H,10,11). The third kappa shape index (κ3) is 1.67. The molecule has 0 aliphatic rings. The minimum Gasteiger partial charge on any atom is -0.508 e. The van der Waals surface area contributed by atoms with Crippen molar-refractivity contribution >= 4 is 5.97 Å². The van der Waals surface area contributed by atoms with Crippen LogP contribution < -0.4 is 0 Å². The number of aromatic carboxylic acids is 1. The van der Waals surface area contributed by atoms with Crippen molar-refractivity contribution in [1.82, 2.24) is 0 Å². The molecular weight excluding hydrogens is 151 g/mol. The van der Waals surface area contributed by atoms with E-state index in [2.05, 4.69) is 0 Å². The van der Waals surface area contributed by atoms with Gasteiger partial charge in [-0.05, 0) is 12.1 Å². The van der Waals surface area contributed by atoms with Crippen LogP contribution in [0.5, 0.6) is 5.75 Å². The third-order valence-electron chi connectivity index (χ3n) is 1.13. The molecule has 0 saturated heterocycles. The van der Waals surface area contributed by atoms with E-state index in [1.165, 1.54) is 0 Å². The van der Waals surface area contributed by atoms with Crippen LogP contribution in [-0.4, -0.2) is 16.2 Å². The highest BCUT2D eigenvalue weighted by molar-refractivity contribution is 5.88. The normalized spacial score (nSPS) is 9.55. The Balaban J connectivity index is 3.19. The molecule has 0 aliphatic heterocycles. The van der Waals surface area contributed by atoms with E-state index in [9.17, 15) is 9.18 Å². The molecule has 0 heterocycles. The van der Waals surface area contributed by atoms with Gasteiger partial charge in [0.15, 0.2) is 0 Å². The van der Waals surface area contributed by atoms with Crippen LogP contribution in [0.15, 0.2) is 18.2 Å². The monoisotopic (exact) mass is 156 g/mol. The summed E-state index contributed by atoms with van der Waals surface area (Å²) in [5.74, 6) is -2.41. The third-order valence-corrected chi connectivity index (χ3v) is 1.13. The predicted molar refractivity (Wildman–Crippen MR) is 35.0 cm³/mol.